The number of aliphatic hydroxyl groups excluding tert-OH is 1. The third kappa shape index (κ3) is 4.71. The summed E-state index contributed by atoms with van der Waals surface area (Å²) >= 11 is 5.86. The third-order valence-corrected chi connectivity index (χ3v) is 3.69. The van der Waals surface area contributed by atoms with Gasteiger partial charge in [0.2, 0.25) is 0 Å². The molecule has 0 aliphatic carbocycles. The molecule has 2 atom stereocenters. The van der Waals surface area contributed by atoms with Crippen molar-refractivity contribution in [3.63, 3.8) is 0 Å². The van der Waals surface area contributed by atoms with Gasteiger partial charge in [-0.05, 0) is 43.7 Å². The molecule has 23 heavy (non-hydrogen) atoms. The first-order valence-electron chi connectivity index (χ1n) is 7.44. The second-order valence-electron chi connectivity index (χ2n) is 5.24. The predicted octanol–water partition coefficient (Wildman–Crippen LogP) is 3.73. The van der Waals surface area contributed by atoms with Gasteiger partial charge in [-0.15, -0.1) is 0 Å². The van der Waals surface area contributed by atoms with E-state index in [1.165, 1.54) is 0 Å². The van der Waals surface area contributed by atoms with E-state index in [-0.39, 0.29) is 6.61 Å². The van der Waals surface area contributed by atoms with Crippen molar-refractivity contribution >= 4 is 23.3 Å². The minimum absolute atomic E-state index is 0.248. The van der Waals surface area contributed by atoms with E-state index in [0.717, 1.165) is 11.3 Å². The number of anilines is 1. The standard InChI is InChI=1S/C18H20ClNO3/c1-3-23-18(22)16(20-15-10-4-12(2)5-11-15)17(21)13-6-8-14(19)9-7-13/h4-11,16-17,20-21H,3H2,1-2H3. The fraction of sp³-hybridized carbons (Fsp3) is 0.278. The molecular weight excluding hydrogens is 314 g/mol. The second-order valence-corrected chi connectivity index (χ2v) is 5.67. The van der Waals surface area contributed by atoms with E-state index >= 15 is 0 Å². The van der Waals surface area contributed by atoms with Crippen molar-refractivity contribution in [2.45, 2.75) is 26.0 Å². The fourth-order valence-corrected chi connectivity index (χ4v) is 2.31. The van der Waals surface area contributed by atoms with E-state index < -0.39 is 18.1 Å². The Balaban J connectivity index is 2.23. The highest BCUT2D eigenvalue weighted by atomic mass is 35.5. The van der Waals surface area contributed by atoms with Crippen molar-refractivity contribution in [2.24, 2.45) is 0 Å². The summed E-state index contributed by atoms with van der Waals surface area (Å²) < 4.78 is 5.08. The minimum Gasteiger partial charge on any atom is -0.464 e. The molecule has 0 fully saturated rings. The normalized spacial score (nSPS) is 13.2. The number of ether oxygens (including phenoxy) is 1. The first-order valence-corrected chi connectivity index (χ1v) is 7.82. The van der Waals surface area contributed by atoms with Crippen molar-refractivity contribution in [3.8, 4) is 0 Å². The molecule has 2 N–H and O–H groups in total. The molecule has 0 heterocycles. The first kappa shape index (κ1) is 17.3. The number of carbonyl (C=O) groups is 1. The van der Waals surface area contributed by atoms with E-state index in [4.69, 9.17) is 16.3 Å². The summed E-state index contributed by atoms with van der Waals surface area (Å²) in [6.07, 6.45) is -1.05. The van der Waals surface area contributed by atoms with Crippen molar-refractivity contribution in [2.75, 3.05) is 11.9 Å². The Hall–Kier alpha value is -2.04. The Kier molecular flexibility index (Phi) is 6.02. The van der Waals surface area contributed by atoms with Crippen LogP contribution in [0.4, 0.5) is 5.69 Å². The lowest BCUT2D eigenvalue weighted by Crippen LogP contribution is -2.37. The van der Waals surface area contributed by atoms with E-state index in [0.29, 0.717) is 10.6 Å². The van der Waals surface area contributed by atoms with Gasteiger partial charge in [0.15, 0.2) is 6.04 Å². The van der Waals surface area contributed by atoms with E-state index in [1.54, 1.807) is 31.2 Å². The Morgan fingerprint density at radius 1 is 1.17 bits per heavy atom. The Morgan fingerprint density at radius 3 is 2.35 bits per heavy atom. The van der Waals surface area contributed by atoms with Gasteiger partial charge in [0, 0.05) is 10.7 Å². The van der Waals surface area contributed by atoms with Gasteiger partial charge in [-0.3, -0.25) is 0 Å². The fourth-order valence-electron chi connectivity index (χ4n) is 2.18. The van der Waals surface area contributed by atoms with Crippen LogP contribution in [0.3, 0.4) is 0 Å². The molecule has 0 aliphatic rings. The van der Waals surface area contributed by atoms with E-state index in [9.17, 15) is 9.90 Å². The number of hydrogen-bond acceptors (Lipinski definition) is 4. The zero-order chi connectivity index (χ0) is 16.8. The molecule has 5 heteroatoms. The quantitative estimate of drug-likeness (QED) is 0.791. The van der Waals surface area contributed by atoms with Crippen molar-refractivity contribution < 1.29 is 14.6 Å². The molecular formula is C18H20ClNO3. The van der Waals surface area contributed by atoms with Gasteiger partial charge < -0.3 is 15.2 Å². The molecule has 4 nitrogen and oxygen atoms in total. The number of halogens is 1. The molecule has 122 valence electrons. The Bertz CT molecular complexity index is 640. The van der Waals surface area contributed by atoms with Crippen LogP contribution >= 0.6 is 11.6 Å². The summed E-state index contributed by atoms with van der Waals surface area (Å²) in [5.41, 5.74) is 2.44. The number of carbonyl (C=O) groups excluding carboxylic acids is 1. The monoisotopic (exact) mass is 333 g/mol. The van der Waals surface area contributed by atoms with Crippen LogP contribution in [0.1, 0.15) is 24.2 Å². The Morgan fingerprint density at radius 2 is 1.78 bits per heavy atom. The molecule has 2 rings (SSSR count). The topological polar surface area (TPSA) is 58.6 Å². The molecule has 0 spiro atoms. The van der Waals surface area contributed by atoms with E-state index in [2.05, 4.69) is 5.32 Å². The van der Waals surface area contributed by atoms with Gasteiger partial charge in [0.1, 0.15) is 6.10 Å². The molecule has 0 radical (unpaired) electrons. The molecule has 0 aliphatic heterocycles. The third-order valence-electron chi connectivity index (χ3n) is 3.44. The number of nitrogens with one attached hydrogen (secondary N) is 1. The molecule has 0 bridgehead atoms. The number of aliphatic hydroxyl groups is 1. The average molecular weight is 334 g/mol. The predicted molar refractivity (Wildman–Crippen MR) is 91.6 cm³/mol. The molecule has 2 aromatic carbocycles. The number of rotatable bonds is 6. The number of hydrogen-bond donors (Lipinski definition) is 2. The van der Waals surface area contributed by atoms with Crippen molar-refractivity contribution in [1.82, 2.24) is 0 Å². The van der Waals surface area contributed by atoms with Crippen LogP contribution in [0.2, 0.25) is 5.02 Å². The van der Waals surface area contributed by atoms with Gasteiger partial charge in [-0.1, -0.05) is 41.4 Å². The van der Waals surface area contributed by atoms with Crippen LogP contribution in [0.5, 0.6) is 0 Å². The van der Waals surface area contributed by atoms with Crippen LogP contribution in [-0.2, 0) is 9.53 Å². The summed E-state index contributed by atoms with van der Waals surface area (Å²) in [5, 5.41) is 14.2. The molecule has 2 unspecified atom stereocenters. The molecule has 0 saturated heterocycles. The largest absolute Gasteiger partial charge is 0.464 e. The zero-order valence-electron chi connectivity index (χ0n) is 13.1. The highest BCUT2D eigenvalue weighted by Gasteiger charge is 2.29. The Labute approximate surface area is 141 Å². The van der Waals surface area contributed by atoms with Crippen LogP contribution in [0.15, 0.2) is 48.5 Å². The lowest BCUT2D eigenvalue weighted by molar-refractivity contribution is -0.146. The summed E-state index contributed by atoms with van der Waals surface area (Å²) in [5.74, 6) is -0.504. The van der Waals surface area contributed by atoms with Crippen molar-refractivity contribution in [1.29, 1.82) is 0 Å². The SMILES string of the molecule is CCOC(=O)C(Nc1ccc(C)cc1)C(O)c1ccc(Cl)cc1. The van der Waals surface area contributed by atoms with Gasteiger partial charge in [-0.2, -0.15) is 0 Å². The number of benzene rings is 2. The minimum atomic E-state index is -1.05. The van der Waals surface area contributed by atoms with Crippen LogP contribution in [0, 0.1) is 6.92 Å². The highest BCUT2D eigenvalue weighted by Crippen LogP contribution is 2.23. The summed E-state index contributed by atoms with van der Waals surface area (Å²) in [4.78, 5) is 12.2. The summed E-state index contributed by atoms with van der Waals surface area (Å²) in [6, 6.07) is 13.4. The smallest absolute Gasteiger partial charge is 0.331 e. The molecule has 0 amide bonds. The van der Waals surface area contributed by atoms with Crippen LogP contribution < -0.4 is 5.32 Å². The maximum atomic E-state index is 12.2. The van der Waals surface area contributed by atoms with Crippen LogP contribution in [0.25, 0.3) is 0 Å². The van der Waals surface area contributed by atoms with Gasteiger partial charge in [-0.25, -0.2) is 4.79 Å². The summed E-state index contributed by atoms with van der Waals surface area (Å²) in [7, 11) is 0. The first-order chi connectivity index (χ1) is 11.0. The second kappa shape index (κ2) is 7.99. The zero-order valence-corrected chi connectivity index (χ0v) is 13.9. The molecule has 2 aromatic rings. The van der Waals surface area contributed by atoms with Gasteiger partial charge >= 0.3 is 5.97 Å². The molecule has 0 aromatic heterocycles. The van der Waals surface area contributed by atoms with Gasteiger partial charge in [0.25, 0.3) is 0 Å². The maximum absolute atomic E-state index is 12.2. The van der Waals surface area contributed by atoms with Gasteiger partial charge in [0.05, 0.1) is 6.61 Å². The molecule has 0 saturated carbocycles. The lowest BCUT2D eigenvalue weighted by Gasteiger charge is -2.24. The maximum Gasteiger partial charge on any atom is 0.331 e. The summed E-state index contributed by atoms with van der Waals surface area (Å²) in [6.45, 7) is 3.96. The lowest BCUT2D eigenvalue weighted by atomic mass is 10.0. The average Bonchev–Trinajstić information content (AvgIpc) is 2.54. The van der Waals surface area contributed by atoms with Crippen molar-refractivity contribution in [3.05, 3.63) is 64.7 Å². The van der Waals surface area contributed by atoms with E-state index in [1.807, 2.05) is 31.2 Å². The van der Waals surface area contributed by atoms with Crippen LogP contribution in [-0.4, -0.2) is 23.7 Å². The number of esters is 1. The number of aryl methyl sites for hydroxylation is 1. The highest BCUT2D eigenvalue weighted by molar-refractivity contribution is 6.30.